The van der Waals surface area contributed by atoms with Crippen LogP contribution in [0.4, 0.5) is 10.1 Å². The lowest BCUT2D eigenvalue weighted by atomic mass is 10.1. The molecule has 2 atom stereocenters. The summed E-state index contributed by atoms with van der Waals surface area (Å²) in [5.74, 6) is -0.513. The average Bonchev–Trinajstić information content (AvgIpc) is 3.15. The monoisotopic (exact) mass is 468 g/mol. The molecule has 0 N–H and O–H groups in total. The lowest BCUT2D eigenvalue weighted by Gasteiger charge is -2.24. The summed E-state index contributed by atoms with van der Waals surface area (Å²) in [7, 11) is -1.68. The van der Waals surface area contributed by atoms with Crippen LogP contribution in [-0.2, 0) is 21.1 Å². The van der Waals surface area contributed by atoms with Crippen LogP contribution in [0.25, 0.3) is 0 Å². The summed E-state index contributed by atoms with van der Waals surface area (Å²) in [5.41, 5.74) is 1.11. The van der Waals surface area contributed by atoms with Crippen LogP contribution in [0.2, 0.25) is 5.02 Å². The Hall–Kier alpha value is -2.10. The van der Waals surface area contributed by atoms with E-state index >= 15 is 0 Å². The van der Waals surface area contributed by atoms with E-state index in [1.54, 1.807) is 29.2 Å². The first kappa shape index (κ1) is 21.1. The number of thioether (sulfide) groups is 1. The topological polar surface area (TPSA) is 76.0 Å². The minimum Gasteiger partial charge on any atom is -0.496 e. The summed E-state index contributed by atoms with van der Waals surface area (Å²) < 4.78 is 43.6. The number of hydrogen-bond donors (Lipinski definition) is 0. The van der Waals surface area contributed by atoms with E-state index in [1.807, 2.05) is 6.07 Å². The molecule has 158 valence electrons. The van der Waals surface area contributed by atoms with Crippen molar-refractivity contribution in [1.82, 2.24) is 0 Å². The molecule has 2 aliphatic heterocycles. The summed E-state index contributed by atoms with van der Waals surface area (Å²) in [6.45, 7) is 0. The number of halogens is 2. The summed E-state index contributed by atoms with van der Waals surface area (Å²) in [4.78, 5) is 18.6. The first-order chi connectivity index (χ1) is 14.3. The molecular weight excluding hydrogens is 451 g/mol. The number of benzene rings is 2. The van der Waals surface area contributed by atoms with Gasteiger partial charge in [-0.1, -0.05) is 41.6 Å². The third kappa shape index (κ3) is 4.19. The number of nitrogens with zero attached hydrogens (tertiary/aromatic N) is 2. The zero-order valence-corrected chi connectivity index (χ0v) is 18.3. The van der Waals surface area contributed by atoms with Crippen molar-refractivity contribution in [2.45, 2.75) is 17.7 Å². The zero-order valence-electron chi connectivity index (χ0n) is 15.9. The van der Waals surface area contributed by atoms with E-state index in [0.29, 0.717) is 22.2 Å². The van der Waals surface area contributed by atoms with Crippen molar-refractivity contribution in [3.05, 3.63) is 58.9 Å². The highest BCUT2D eigenvalue weighted by Gasteiger charge is 2.49. The van der Waals surface area contributed by atoms with Crippen molar-refractivity contribution in [1.29, 1.82) is 0 Å². The predicted molar refractivity (Wildman–Crippen MR) is 117 cm³/mol. The molecule has 0 bridgehead atoms. The molecule has 0 aliphatic carbocycles. The Morgan fingerprint density at radius 1 is 1.30 bits per heavy atom. The molecule has 0 spiro atoms. The zero-order chi connectivity index (χ0) is 21.5. The van der Waals surface area contributed by atoms with E-state index in [4.69, 9.17) is 16.3 Å². The molecular formula is C20H18ClFN2O4S2. The number of aliphatic imine (C=N–C) groups is 1. The highest BCUT2D eigenvalue weighted by Crippen LogP contribution is 2.41. The number of anilines is 1. The second kappa shape index (κ2) is 8.20. The first-order valence-corrected chi connectivity index (χ1v) is 12.2. The van der Waals surface area contributed by atoms with Gasteiger partial charge in [0.2, 0.25) is 0 Å². The fourth-order valence-electron chi connectivity index (χ4n) is 3.66. The Morgan fingerprint density at radius 2 is 2.07 bits per heavy atom. The summed E-state index contributed by atoms with van der Waals surface area (Å²) in [6.07, 6.45) is 0.0323. The number of carbonyl (C=O) groups excluding carboxylic acids is 1. The molecule has 2 saturated heterocycles. The summed E-state index contributed by atoms with van der Waals surface area (Å²) in [6, 6.07) is 11.0. The quantitative estimate of drug-likeness (QED) is 0.685. The number of para-hydroxylation sites is 1. The van der Waals surface area contributed by atoms with Crippen LogP contribution in [0.5, 0.6) is 5.75 Å². The van der Waals surface area contributed by atoms with Gasteiger partial charge in [-0.3, -0.25) is 4.79 Å². The van der Waals surface area contributed by atoms with Crippen LogP contribution in [-0.4, -0.2) is 49.4 Å². The molecule has 2 aliphatic rings. The number of amides is 1. The Bertz CT molecular complexity index is 1140. The molecule has 6 nitrogen and oxygen atoms in total. The maximum absolute atomic E-state index is 14.1. The van der Waals surface area contributed by atoms with Crippen LogP contribution < -0.4 is 9.64 Å². The molecule has 10 heteroatoms. The highest BCUT2D eigenvalue weighted by atomic mass is 35.5. The van der Waals surface area contributed by atoms with Gasteiger partial charge in [-0.2, -0.15) is 4.99 Å². The third-order valence-corrected chi connectivity index (χ3v) is 8.52. The Kier molecular flexibility index (Phi) is 5.78. The normalized spacial score (nSPS) is 23.6. The van der Waals surface area contributed by atoms with Gasteiger partial charge in [-0.15, -0.1) is 0 Å². The smallest absolute Gasteiger partial charge is 0.252 e. The largest absolute Gasteiger partial charge is 0.496 e. The van der Waals surface area contributed by atoms with Crippen molar-refractivity contribution < 1.29 is 22.3 Å². The van der Waals surface area contributed by atoms with Crippen LogP contribution >= 0.6 is 23.4 Å². The predicted octanol–water partition coefficient (Wildman–Crippen LogP) is 3.33. The number of fused-ring (bicyclic) bond motifs is 1. The van der Waals surface area contributed by atoms with E-state index in [-0.39, 0.29) is 28.2 Å². The van der Waals surface area contributed by atoms with Crippen molar-refractivity contribution in [2.75, 3.05) is 23.5 Å². The van der Waals surface area contributed by atoms with E-state index < -0.39 is 27.6 Å². The fourth-order valence-corrected chi connectivity index (χ4v) is 7.71. The van der Waals surface area contributed by atoms with Crippen molar-refractivity contribution in [3.8, 4) is 5.75 Å². The molecule has 2 heterocycles. The second-order valence-corrected chi connectivity index (χ2v) is 10.8. The van der Waals surface area contributed by atoms with Gasteiger partial charge in [0.05, 0.1) is 36.1 Å². The van der Waals surface area contributed by atoms with Gasteiger partial charge < -0.3 is 9.64 Å². The van der Waals surface area contributed by atoms with Crippen LogP contribution in [0, 0.1) is 5.82 Å². The summed E-state index contributed by atoms with van der Waals surface area (Å²) in [5, 5.41) is 0.0556. The van der Waals surface area contributed by atoms with E-state index in [2.05, 4.69) is 4.99 Å². The van der Waals surface area contributed by atoms with Crippen LogP contribution in [0.1, 0.15) is 5.56 Å². The van der Waals surface area contributed by atoms with Crippen LogP contribution in [0.3, 0.4) is 0 Å². The fraction of sp³-hybridized carbons (Fsp3) is 0.300. The molecule has 0 aromatic heterocycles. The molecule has 0 radical (unpaired) electrons. The Balaban J connectivity index is 1.66. The van der Waals surface area contributed by atoms with E-state index in [1.165, 1.54) is 31.0 Å². The van der Waals surface area contributed by atoms with E-state index in [0.717, 1.165) is 0 Å². The third-order valence-electron chi connectivity index (χ3n) is 5.00. The summed E-state index contributed by atoms with van der Waals surface area (Å²) >= 11 is 7.03. The minimum absolute atomic E-state index is 0.00533. The Labute approximate surface area is 183 Å². The number of rotatable bonds is 4. The van der Waals surface area contributed by atoms with Crippen molar-refractivity contribution in [3.63, 3.8) is 0 Å². The molecule has 2 aromatic carbocycles. The molecule has 4 rings (SSSR count). The molecule has 0 saturated carbocycles. The molecule has 30 heavy (non-hydrogen) atoms. The highest BCUT2D eigenvalue weighted by molar-refractivity contribution is 8.16. The minimum atomic E-state index is -3.21. The van der Waals surface area contributed by atoms with Gasteiger partial charge in [-0.05, 0) is 24.3 Å². The number of hydrogen-bond acceptors (Lipinski definition) is 5. The van der Waals surface area contributed by atoms with Crippen molar-refractivity contribution >= 4 is 50.0 Å². The van der Waals surface area contributed by atoms with Crippen molar-refractivity contribution in [2.24, 2.45) is 4.99 Å². The number of amidine groups is 1. The van der Waals surface area contributed by atoms with Gasteiger partial charge in [-0.25, -0.2) is 12.8 Å². The van der Waals surface area contributed by atoms with E-state index in [9.17, 15) is 17.6 Å². The average molecular weight is 469 g/mol. The Morgan fingerprint density at radius 3 is 2.80 bits per heavy atom. The number of carbonyl (C=O) groups is 1. The molecule has 2 aromatic rings. The van der Waals surface area contributed by atoms with Gasteiger partial charge in [0.15, 0.2) is 15.0 Å². The number of methoxy groups -OCH3 is 1. The maximum atomic E-state index is 14.1. The number of sulfone groups is 1. The maximum Gasteiger partial charge on any atom is 0.252 e. The van der Waals surface area contributed by atoms with Gasteiger partial charge in [0.25, 0.3) is 5.91 Å². The van der Waals surface area contributed by atoms with Crippen LogP contribution in [0.15, 0.2) is 47.5 Å². The molecule has 2 fully saturated rings. The second-order valence-electron chi connectivity index (χ2n) is 7.05. The molecule has 1 amide bonds. The van der Waals surface area contributed by atoms with Gasteiger partial charge >= 0.3 is 0 Å². The lowest BCUT2D eigenvalue weighted by molar-refractivity contribution is -0.117. The number of ether oxygens (including phenoxy) is 1. The SMILES string of the molecule is COc1ccccc1CC(=O)N=C1S[C@@H]2CS(=O)(=O)C[C@@H]2N1c1ccc(Cl)c(F)c1. The first-order valence-electron chi connectivity index (χ1n) is 9.12. The van der Waals surface area contributed by atoms with Gasteiger partial charge in [0.1, 0.15) is 11.6 Å². The lowest BCUT2D eigenvalue weighted by Crippen LogP contribution is -2.37. The van der Waals surface area contributed by atoms with Gasteiger partial charge in [0, 0.05) is 16.5 Å². The molecule has 0 unspecified atom stereocenters. The standard InChI is InChI=1S/C20H18ClFN2O4S2/c1-28-17-5-3-2-4-12(17)8-19(25)23-20-24(13-6-7-14(21)15(22)9-13)16-10-30(26,27)11-18(16)29-20/h2-7,9,16,18H,8,10-11H2,1H3/t16-,18+/m0/s1.